The van der Waals surface area contributed by atoms with Crippen molar-refractivity contribution in [2.75, 3.05) is 45.8 Å². The lowest BCUT2D eigenvalue weighted by atomic mass is 10.0. The number of nitrogens with zero attached hydrogens (tertiary/aromatic N) is 3. The first-order chi connectivity index (χ1) is 10.5. The topological polar surface area (TPSA) is 69.9 Å². The Morgan fingerprint density at radius 2 is 1.42 bits per heavy atom. The molecule has 2 unspecified atom stereocenters. The van der Waals surface area contributed by atoms with E-state index in [0.717, 1.165) is 39.0 Å². The summed E-state index contributed by atoms with van der Waals surface area (Å²) in [6.07, 6.45) is 3.49. The molecule has 6 nitrogen and oxygen atoms in total. The quantitative estimate of drug-likeness (QED) is 0.786. The third kappa shape index (κ3) is 6.39. The molecule has 8 heteroatoms. The Bertz CT molecular complexity index is 396. The van der Waals surface area contributed by atoms with Crippen LogP contribution in [0.25, 0.3) is 0 Å². The minimum Gasteiger partial charge on any atom is -0.342 e. The van der Waals surface area contributed by atoms with E-state index in [-0.39, 0.29) is 48.6 Å². The van der Waals surface area contributed by atoms with Crippen molar-refractivity contribution < 1.29 is 9.59 Å². The summed E-state index contributed by atoms with van der Waals surface area (Å²) in [5.74, 6) is 0.238. The molecule has 2 saturated heterocycles. The number of carbonyl (C=O) groups is 2. The summed E-state index contributed by atoms with van der Waals surface area (Å²) in [5, 5.41) is 0. The first kappa shape index (κ1) is 23.4. The summed E-state index contributed by atoms with van der Waals surface area (Å²) < 4.78 is 0. The molecular weight excluding hydrogens is 351 g/mol. The number of carbonyl (C=O) groups excluding carboxylic acids is 2. The predicted octanol–water partition coefficient (Wildman–Crippen LogP) is 0.970. The van der Waals surface area contributed by atoms with E-state index in [4.69, 9.17) is 5.73 Å². The third-order valence-corrected chi connectivity index (χ3v) is 4.93. The van der Waals surface area contributed by atoms with Crippen molar-refractivity contribution in [1.29, 1.82) is 0 Å². The molecule has 0 aromatic carbocycles. The number of piperidine rings is 1. The maximum Gasteiger partial charge on any atom is 0.236 e. The normalized spacial score (nSPS) is 21.3. The van der Waals surface area contributed by atoms with Gasteiger partial charge in [0.15, 0.2) is 0 Å². The number of likely N-dealkylation sites (tertiary alicyclic amines) is 1. The van der Waals surface area contributed by atoms with Crippen LogP contribution in [0.5, 0.6) is 0 Å². The largest absolute Gasteiger partial charge is 0.342 e. The van der Waals surface area contributed by atoms with E-state index in [2.05, 4.69) is 4.90 Å². The van der Waals surface area contributed by atoms with E-state index in [9.17, 15) is 9.59 Å². The van der Waals surface area contributed by atoms with E-state index in [1.807, 2.05) is 23.6 Å². The molecule has 24 heavy (non-hydrogen) atoms. The lowest BCUT2D eigenvalue weighted by molar-refractivity contribution is -0.138. The van der Waals surface area contributed by atoms with Gasteiger partial charge in [-0.15, -0.1) is 24.8 Å². The molecule has 0 spiro atoms. The monoisotopic (exact) mass is 382 g/mol. The van der Waals surface area contributed by atoms with Gasteiger partial charge in [-0.25, -0.2) is 0 Å². The molecule has 2 fully saturated rings. The van der Waals surface area contributed by atoms with Gasteiger partial charge in [0.05, 0.1) is 12.5 Å². The number of halogens is 2. The number of rotatable bonds is 4. The van der Waals surface area contributed by atoms with Crippen LogP contribution in [-0.4, -0.2) is 78.4 Å². The molecule has 0 saturated carbocycles. The second-order valence-corrected chi connectivity index (χ2v) is 6.69. The smallest absolute Gasteiger partial charge is 0.236 e. The van der Waals surface area contributed by atoms with E-state index >= 15 is 0 Å². The van der Waals surface area contributed by atoms with Gasteiger partial charge in [-0.3, -0.25) is 14.5 Å². The number of hydrogen-bond donors (Lipinski definition) is 1. The van der Waals surface area contributed by atoms with E-state index < -0.39 is 0 Å². The fourth-order valence-electron chi connectivity index (χ4n) is 3.07. The maximum atomic E-state index is 12.3. The third-order valence-electron chi connectivity index (χ3n) is 4.93. The lowest BCUT2D eigenvalue weighted by Gasteiger charge is -2.37. The molecule has 0 bridgehead atoms. The molecule has 2 amide bonds. The summed E-state index contributed by atoms with van der Waals surface area (Å²) >= 11 is 0. The maximum absolute atomic E-state index is 12.3. The Morgan fingerprint density at radius 3 is 1.92 bits per heavy atom. The van der Waals surface area contributed by atoms with Gasteiger partial charge in [0.1, 0.15) is 0 Å². The molecular formula is C16H32Cl2N4O2. The molecule has 142 valence electrons. The van der Waals surface area contributed by atoms with Crippen LogP contribution in [0.1, 0.15) is 33.1 Å². The molecule has 2 heterocycles. The van der Waals surface area contributed by atoms with Gasteiger partial charge in [0.25, 0.3) is 0 Å². The average Bonchev–Trinajstić information content (AvgIpc) is 2.55. The molecule has 2 aliphatic heterocycles. The van der Waals surface area contributed by atoms with Gasteiger partial charge in [0.2, 0.25) is 11.8 Å². The first-order valence-corrected chi connectivity index (χ1v) is 8.53. The Kier molecular flexibility index (Phi) is 10.9. The SMILES string of the molecule is CC(N)C(C)C(=O)N1CCN(CC(=O)N2CCCCC2)CC1.Cl.Cl. The molecule has 2 N–H and O–H groups in total. The van der Waals surface area contributed by atoms with Gasteiger partial charge in [-0.05, 0) is 26.2 Å². The molecule has 2 rings (SSSR count). The van der Waals surface area contributed by atoms with Gasteiger partial charge in [-0.1, -0.05) is 6.92 Å². The summed E-state index contributed by atoms with van der Waals surface area (Å²) in [7, 11) is 0. The van der Waals surface area contributed by atoms with Crippen molar-refractivity contribution in [2.24, 2.45) is 11.7 Å². The van der Waals surface area contributed by atoms with Crippen LogP contribution >= 0.6 is 24.8 Å². The Balaban J connectivity index is 0.00000264. The van der Waals surface area contributed by atoms with E-state index in [0.29, 0.717) is 19.6 Å². The second-order valence-electron chi connectivity index (χ2n) is 6.69. The van der Waals surface area contributed by atoms with E-state index in [1.54, 1.807) is 0 Å². The molecule has 0 aromatic heterocycles. The fraction of sp³-hybridized carbons (Fsp3) is 0.875. The average molecular weight is 383 g/mol. The standard InChI is InChI=1S/C16H30N4O2.2ClH/c1-13(14(2)17)16(22)20-10-8-18(9-11-20)12-15(21)19-6-4-3-5-7-19;;/h13-14H,3-12,17H2,1-2H3;2*1H. The Labute approximate surface area is 157 Å². The Hall–Kier alpha value is -0.560. The van der Waals surface area contributed by atoms with Crippen LogP contribution in [0, 0.1) is 5.92 Å². The summed E-state index contributed by atoms with van der Waals surface area (Å²) in [4.78, 5) is 30.6. The van der Waals surface area contributed by atoms with Crippen LogP contribution in [-0.2, 0) is 9.59 Å². The number of nitrogens with two attached hydrogens (primary N) is 1. The fourth-order valence-corrected chi connectivity index (χ4v) is 3.07. The zero-order valence-electron chi connectivity index (χ0n) is 14.8. The highest BCUT2D eigenvalue weighted by Crippen LogP contribution is 2.12. The van der Waals surface area contributed by atoms with Crippen LogP contribution in [0.3, 0.4) is 0 Å². The van der Waals surface area contributed by atoms with Crippen molar-refractivity contribution in [2.45, 2.75) is 39.2 Å². The predicted molar refractivity (Wildman–Crippen MR) is 101 cm³/mol. The highest BCUT2D eigenvalue weighted by atomic mass is 35.5. The highest BCUT2D eigenvalue weighted by molar-refractivity contribution is 5.85. The van der Waals surface area contributed by atoms with Gasteiger partial charge in [0, 0.05) is 45.3 Å². The minimum absolute atomic E-state index is 0. The summed E-state index contributed by atoms with van der Waals surface area (Å²) in [6, 6.07) is -0.119. The molecule has 0 radical (unpaired) electrons. The van der Waals surface area contributed by atoms with Crippen molar-refractivity contribution >= 4 is 36.6 Å². The second kappa shape index (κ2) is 11.1. The zero-order chi connectivity index (χ0) is 16.1. The molecule has 0 aromatic rings. The van der Waals surface area contributed by atoms with Crippen LogP contribution in [0.2, 0.25) is 0 Å². The van der Waals surface area contributed by atoms with Crippen LogP contribution < -0.4 is 5.73 Å². The Morgan fingerprint density at radius 1 is 0.875 bits per heavy atom. The summed E-state index contributed by atoms with van der Waals surface area (Å²) in [6.45, 7) is 9.01. The van der Waals surface area contributed by atoms with Gasteiger partial charge in [-0.2, -0.15) is 0 Å². The van der Waals surface area contributed by atoms with Crippen molar-refractivity contribution in [3.05, 3.63) is 0 Å². The zero-order valence-corrected chi connectivity index (χ0v) is 16.4. The molecule has 2 atom stereocenters. The molecule has 2 aliphatic rings. The van der Waals surface area contributed by atoms with Crippen molar-refractivity contribution in [3.63, 3.8) is 0 Å². The van der Waals surface area contributed by atoms with Gasteiger partial charge < -0.3 is 15.5 Å². The lowest BCUT2D eigenvalue weighted by Crippen LogP contribution is -2.54. The summed E-state index contributed by atoms with van der Waals surface area (Å²) in [5.41, 5.74) is 5.81. The number of hydrogen-bond acceptors (Lipinski definition) is 4. The first-order valence-electron chi connectivity index (χ1n) is 8.53. The minimum atomic E-state index is -0.137. The van der Waals surface area contributed by atoms with Crippen molar-refractivity contribution in [3.8, 4) is 0 Å². The van der Waals surface area contributed by atoms with Crippen LogP contribution in [0.15, 0.2) is 0 Å². The number of amides is 2. The highest BCUT2D eigenvalue weighted by Gasteiger charge is 2.28. The van der Waals surface area contributed by atoms with Gasteiger partial charge >= 0.3 is 0 Å². The van der Waals surface area contributed by atoms with Crippen molar-refractivity contribution in [1.82, 2.24) is 14.7 Å². The number of piperazine rings is 1. The van der Waals surface area contributed by atoms with E-state index in [1.165, 1.54) is 6.42 Å². The molecule has 0 aliphatic carbocycles. The van der Waals surface area contributed by atoms with Crippen LogP contribution in [0.4, 0.5) is 0 Å².